The van der Waals surface area contributed by atoms with Crippen LogP contribution in [0.25, 0.3) is 0 Å². The van der Waals surface area contributed by atoms with E-state index in [-0.39, 0.29) is 22.9 Å². The second-order valence-corrected chi connectivity index (χ2v) is 7.94. The molecule has 0 spiro atoms. The van der Waals surface area contributed by atoms with Gasteiger partial charge in [0.05, 0.1) is 45.7 Å². The normalized spacial score (nSPS) is 26.8. The molecule has 0 bridgehead atoms. The van der Waals surface area contributed by atoms with E-state index in [0.717, 1.165) is 6.92 Å². The number of carboxylic acids is 1. The average Bonchev–Trinajstić information content (AvgIpc) is 2.86. The first-order valence-electron chi connectivity index (χ1n) is 10.7. The number of aliphatic hydroxyl groups excluding tert-OH is 3. The number of rotatable bonds is 10. The number of hydrogen-bond acceptors (Lipinski definition) is 10. The molecule has 0 saturated carbocycles. The lowest BCUT2D eigenvalue weighted by atomic mass is 9.86. The number of methoxy groups -OCH3 is 3. The van der Waals surface area contributed by atoms with Crippen molar-refractivity contribution < 1.29 is 62.5 Å². The number of carbonyl (C=O) groups excluding carboxylic acids is 2. The summed E-state index contributed by atoms with van der Waals surface area (Å²) in [7, 11) is 3.97. The van der Waals surface area contributed by atoms with Crippen molar-refractivity contribution in [1.82, 2.24) is 10.6 Å². The van der Waals surface area contributed by atoms with Crippen LogP contribution in [0.3, 0.4) is 0 Å². The molecule has 2 rings (SSSR count). The lowest BCUT2D eigenvalue weighted by Gasteiger charge is -2.47. The number of amides is 3. The van der Waals surface area contributed by atoms with Crippen molar-refractivity contribution in [3.63, 3.8) is 0 Å². The first kappa shape index (κ1) is 29.8. The maximum atomic E-state index is 15.3. The Morgan fingerprint density at radius 3 is 2.08 bits per heavy atom. The lowest BCUT2D eigenvalue weighted by molar-refractivity contribution is -0.277. The summed E-state index contributed by atoms with van der Waals surface area (Å²) in [4.78, 5) is 36.1. The number of ether oxygens (including phenoxy) is 4. The number of benzene rings is 1. The van der Waals surface area contributed by atoms with E-state index in [0.29, 0.717) is 0 Å². The van der Waals surface area contributed by atoms with E-state index in [4.69, 9.17) is 19.3 Å². The summed E-state index contributed by atoms with van der Waals surface area (Å²) >= 11 is 0. The Balaban J connectivity index is 2.45. The fraction of sp³-hybridized carbons (Fsp3) is 0.571. The van der Waals surface area contributed by atoms with Crippen LogP contribution >= 0.6 is 0 Å². The van der Waals surface area contributed by atoms with Crippen LogP contribution < -0.4 is 30.2 Å². The molecule has 2 unspecified atom stereocenters. The Morgan fingerprint density at radius 1 is 1.08 bits per heavy atom. The first-order chi connectivity index (χ1) is 17.3. The summed E-state index contributed by atoms with van der Waals surface area (Å²) in [6.07, 6.45) is -9.43. The number of nitrogens with one attached hydrogen (secondary N) is 3. The highest BCUT2D eigenvalue weighted by Gasteiger charge is 2.63. The van der Waals surface area contributed by atoms with Crippen molar-refractivity contribution in [2.24, 2.45) is 0 Å². The lowest BCUT2D eigenvalue weighted by Crippen LogP contribution is -2.74. The zero-order valence-corrected chi connectivity index (χ0v) is 20.2. The topological polar surface area (TPSA) is 205 Å². The van der Waals surface area contributed by atoms with Gasteiger partial charge in [-0.3, -0.25) is 4.79 Å². The summed E-state index contributed by atoms with van der Waals surface area (Å²) in [5.41, 5.74) is 0.0302. The average molecular weight is 537 g/mol. The third-order valence-electron chi connectivity index (χ3n) is 5.52. The summed E-state index contributed by atoms with van der Waals surface area (Å²) in [6.45, 7) is -0.0976. The Morgan fingerprint density at radius 2 is 1.65 bits per heavy atom. The molecule has 14 nitrogen and oxygen atoms in total. The molecule has 37 heavy (non-hydrogen) atoms. The van der Waals surface area contributed by atoms with Gasteiger partial charge in [0, 0.05) is 19.1 Å². The minimum absolute atomic E-state index is 0.0302. The highest BCUT2D eigenvalue weighted by molar-refractivity contribution is 5.91. The summed E-state index contributed by atoms with van der Waals surface area (Å²) in [5, 5.41) is 45.1. The number of alkyl halides is 2. The van der Waals surface area contributed by atoms with Gasteiger partial charge in [0.25, 0.3) is 0 Å². The predicted octanol–water partition coefficient (Wildman–Crippen LogP) is -1.09. The molecule has 7 atom stereocenters. The molecule has 1 heterocycles. The Hall–Kier alpha value is -3.47. The van der Waals surface area contributed by atoms with Gasteiger partial charge in [-0.15, -0.1) is 0 Å². The van der Waals surface area contributed by atoms with Crippen LogP contribution in [0.1, 0.15) is 6.92 Å². The molecule has 0 radical (unpaired) electrons. The van der Waals surface area contributed by atoms with Crippen LogP contribution in [0.5, 0.6) is 17.2 Å². The number of aliphatic carboxylic acids is 1. The molecule has 16 heteroatoms. The Kier molecular flexibility index (Phi) is 9.80. The van der Waals surface area contributed by atoms with Crippen molar-refractivity contribution in [2.45, 2.75) is 49.3 Å². The molecule has 1 aliphatic heterocycles. The van der Waals surface area contributed by atoms with Gasteiger partial charge in [0.15, 0.2) is 17.7 Å². The van der Waals surface area contributed by atoms with Crippen LogP contribution in [-0.4, -0.2) is 109 Å². The standard InChI is InChI=1S/C21H29F2N3O11/c1-8(28)24-13-14(18(22)21(23,19(31)32)37-17(13)15(30)10(29)7-27)26-20(33)25-9-5-11(34-2)16(36-4)12(6-9)35-3/h5-6,10,13-15,17-18,27,29-30H,7H2,1-4H3,(H,24,28)(H,31,32)(H2,25,26,33)/t10-,13-,14-,15-,17-,18?,21?/m1/s1. The summed E-state index contributed by atoms with van der Waals surface area (Å²) in [5.74, 6) is -6.93. The molecule has 1 aromatic rings. The highest BCUT2D eigenvalue weighted by atomic mass is 19.2. The van der Waals surface area contributed by atoms with Crippen LogP contribution in [0.4, 0.5) is 19.3 Å². The number of anilines is 1. The first-order valence-corrected chi connectivity index (χ1v) is 10.7. The highest BCUT2D eigenvalue weighted by Crippen LogP contribution is 2.40. The summed E-state index contributed by atoms with van der Waals surface area (Å²) in [6, 6.07) is -2.51. The van der Waals surface area contributed by atoms with Gasteiger partial charge in [-0.05, 0) is 0 Å². The maximum absolute atomic E-state index is 15.3. The molecule has 0 aliphatic carbocycles. The number of hydrogen-bond donors (Lipinski definition) is 7. The van der Waals surface area contributed by atoms with Gasteiger partial charge in [-0.1, -0.05) is 0 Å². The van der Waals surface area contributed by atoms with Crippen LogP contribution in [0.2, 0.25) is 0 Å². The van der Waals surface area contributed by atoms with E-state index < -0.39 is 66.9 Å². The van der Waals surface area contributed by atoms with Gasteiger partial charge >= 0.3 is 17.9 Å². The van der Waals surface area contributed by atoms with Gasteiger partial charge in [-0.2, -0.15) is 4.39 Å². The van der Waals surface area contributed by atoms with Crippen molar-refractivity contribution in [1.29, 1.82) is 0 Å². The Bertz CT molecular complexity index is 975. The number of urea groups is 1. The molecule has 7 N–H and O–H groups in total. The molecule has 1 saturated heterocycles. The van der Waals surface area contributed by atoms with Gasteiger partial charge in [0.1, 0.15) is 18.3 Å². The Labute approximate surface area is 209 Å². The van der Waals surface area contributed by atoms with E-state index in [1.165, 1.54) is 33.5 Å². The molecule has 1 fully saturated rings. The number of aliphatic hydroxyl groups is 3. The largest absolute Gasteiger partial charge is 0.493 e. The van der Waals surface area contributed by atoms with Crippen molar-refractivity contribution >= 4 is 23.6 Å². The molecule has 0 aromatic heterocycles. The third-order valence-corrected chi connectivity index (χ3v) is 5.52. The minimum atomic E-state index is -4.11. The number of halogens is 2. The molecule has 1 aromatic carbocycles. The predicted molar refractivity (Wildman–Crippen MR) is 120 cm³/mol. The smallest absolute Gasteiger partial charge is 0.372 e. The minimum Gasteiger partial charge on any atom is -0.493 e. The van der Waals surface area contributed by atoms with Gasteiger partial charge in [0.2, 0.25) is 11.7 Å². The van der Waals surface area contributed by atoms with Crippen molar-refractivity contribution in [3.05, 3.63) is 12.1 Å². The second kappa shape index (κ2) is 12.2. The zero-order chi connectivity index (χ0) is 28.1. The monoisotopic (exact) mass is 537 g/mol. The van der Waals surface area contributed by atoms with Crippen LogP contribution in [0.15, 0.2) is 12.1 Å². The quantitative estimate of drug-likeness (QED) is 0.191. The molecule has 208 valence electrons. The fourth-order valence-corrected chi connectivity index (χ4v) is 3.77. The van der Waals surface area contributed by atoms with Gasteiger partial charge < -0.3 is 55.3 Å². The van der Waals surface area contributed by atoms with E-state index >= 15 is 8.78 Å². The van der Waals surface area contributed by atoms with Gasteiger partial charge in [-0.25, -0.2) is 14.0 Å². The van der Waals surface area contributed by atoms with Crippen LogP contribution in [0, 0.1) is 0 Å². The van der Waals surface area contributed by atoms with Crippen molar-refractivity contribution in [2.75, 3.05) is 33.3 Å². The third kappa shape index (κ3) is 6.27. The number of carboxylic acid groups (broad SMARTS) is 1. The zero-order valence-electron chi connectivity index (χ0n) is 20.2. The molecular formula is C21H29F2N3O11. The van der Waals surface area contributed by atoms with E-state index in [1.54, 1.807) is 0 Å². The van der Waals surface area contributed by atoms with E-state index in [9.17, 15) is 29.7 Å². The van der Waals surface area contributed by atoms with E-state index in [2.05, 4.69) is 15.4 Å². The summed E-state index contributed by atoms with van der Waals surface area (Å²) < 4.78 is 50.7. The maximum Gasteiger partial charge on any atom is 0.372 e. The SMILES string of the molecule is COc1cc(NC(=O)N[C@H]2C(F)C(F)(C(=O)O)O[C@@H]([C@H](O)[C@H](O)CO)[C@@H]2NC(C)=O)cc(OC)c1OC. The van der Waals surface area contributed by atoms with Crippen LogP contribution in [-0.2, 0) is 14.3 Å². The second-order valence-electron chi connectivity index (χ2n) is 7.94. The molecular weight excluding hydrogens is 508 g/mol. The fourth-order valence-electron chi connectivity index (χ4n) is 3.77. The molecule has 3 amide bonds. The number of carbonyl (C=O) groups is 3. The van der Waals surface area contributed by atoms with E-state index in [1.807, 2.05) is 5.32 Å². The molecule has 1 aliphatic rings. The van der Waals surface area contributed by atoms with Crippen molar-refractivity contribution in [3.8, 4) is 17.2 Å².